The van der Waals surface area contributed by atoms with E-state index in [1.807, 2.05) is 6.92 Å². The van der Waals surface area contributed by atoms with Gasteiger partial charge in [-0.3, -0.25) is 0 Å². The van der Waals surface area contributed by atoms with Crippen molar-refractivity contribution in [2.24, 2.45) is 0 Å². The number of hydrogen-bond acceptors (Lipinski definition) is 4. The van der Waals surface area contributed by atoms with Crippen LogP contribution in [-0.2, 0) is 14.8 Å². The smallest absolute Gasteiger partial charge is 0.242 e. The molecule has 7 heteroatoms. The molecular weight excluding hydrogens is 276 g/mol. The first-order chi connectivity index (χ1) is 8.32. The summed E-state index contributed by atoms with van der Waals surface area (Å²) >= 11 is 5.91. The Hall–Kier alpha value is -0.820. The molecule has 0 radical (unpaired) electrons. The van der Waals surface area contributed by atoms with Gasteiger partial charge >= 0.3 is 0 Å². The Balaban J connectivity index is 2.30. The van der Waals surface area contributed by atoms with Crippen molar-refractivity contribution in [3.05, 3.63) is 23.2 Å². The Morgan fingerprint density at radius 2 is 2.22 bits per heavy atom. The molecular formula is C11H15ClN2O3S. The van der Waals surface area contributed by atoms with Crippen LogP contribution in [0.15, 0.2) is 23.1 Å². The fourth-order valence-electron chi connectivity index (χ4n) is 1.86. The summed E-state index contributed by atoms with van der Waals surface area (Å²) < 4.78 is 32.3. The van der Waals surface area contributed by atoms with Gasteiger partial charge in [0.15, 0.2) is 0 Å². The molecule has 0 bridgehead atoms. The number of nitrogen functional groups attached to an aromatic ring is 1. The molecule has 0 spiro atoms. The van der Waals surface area contributed by atoms with E-state index in [1.54, 1.807) is 0 Å². The van der Waals surface area contributed by atoms with Crippen LogP contribution in [0, 0.1) is 0 Å². The second kappa shape index (κ2) is 4.70. The highest BCUT2D eigenvalue weighted by Gasteiger charge is 2.35. The lowest BCUT2D eigenvalue weighted by Gasteiger charge is -2.23. The van der Waals surface area contributed by atoms with Crippen LogP contribution in [0.4, 0.5) is 5.69 Å². The molecule has 1 unspecified atom stereocenters. The number of rotatable bonds is 3. The minimum Gasteiger partial charge on any atom is -0.399 e. The Kier molecular flexibility index (Phi) is 3.55. The van der Waals surface area contributed by atoms with Crippen LogP contribution < -0.4 is 10.5 Å². The first kappa shape index (κ1) is 13.6. The van der Waals surface area contributed by atoms with Gasteiger partial charge < -0.3 is 10.5 Å². The molecule has 1 heterocycles. The zero-order valence-electron chi connectivity index (χ0n) is 9.94. The molecule has 1 fully saturated rings. The topological polar surface area (TPSA) is 81.4 Å². The lowest BCUT2D eigenvalue weighted by molar-refractivity contribution is 0.178. The van der Waals surface area contributed by atoms with Gasteiger partial charge in [0.25, 0.3) is 0 Å². The van der Waals surface area contributed by atoms with Crippen molar-refractivity contribution < 1.29 is 13.2 Å². The van der Waals surface area contributed by atoms with E-state index < -0.39 is 15.6 Å². The van der Waals surface area contributed by atoms with E-state index in [0.29, 0.717) is 25.3 Å². The molecule has 1 atom stereocenters. The predicted octanol–water partition coefficient (Wildman–Crippen LogP) is 1.38. The fraction of sp³-hybridized carbons (Fsp3) is 0.455. The predicted molar refractivity (Wildman–Crippen MR) is 70.0 cm³/mol. The van der Waals surface area contributed by atoms with Crippen molar-refractivity contribution in [2.75, 3.05) is 18.9 Å². The normalized spacial score (nSPS) is 24.3. The molecule has 5 nitrogen and oxygen atoms in total. The molecule has 1 aromatic rings. The molecule has 3 N–H and O–H groups in total. The van der Waals surface area contributed by atoms with E-state index in [-0.39, 0.29) is 9.92 Å². The summed E-state index contributed by atoms with van der Waals surface area (Å²) in [7, 11) is -3.67. The van der Waals surface area contributed by atoms with Crippen molar-refractivity contribution >= 4 is 27.3 Å². The first-order valence-corrected chi connectivity index (χ1v) is 7.35. The van der Waals surface area contributed by atoms with Gasteiger partial charge in [-0.1, -0.05) is 11.6 Å². The average Bonchev–Trinajstić information content (AvgIpc) is 2.62. The van der Waals surface area contributed by atoms with Gasteiger partial charge in [-0.15, -0.1) is 0 Å². The van der Waals surface area contributed by atoms with Gasteiger partial charge in [-0.2, -0.15) is 0 Å². The highest BCUT2D eigenvalue weighted by Crippen LogP contribution is 2.26. The summed E-state index contributed by atoms with van der Waals surface area (Å²) in [6.45, 7) is 2.72. The number of nitrogens with two attached hydrogens (primary N) is 1. The number of anilines is 1. The van der Waals surface area contributed by atoms with E-state index >= 15 is 0 Å². The van der Waals surface area contributed by atoms with Gasteiger partial charge in [0.05, 0.1) is 17.2 Å². The molecule has 18 heavy (non-hydrogen) atoms. The SMILES string of the molecule is CC1(NS(=O)(=O)c2ccc(N)cc2Cl)CCOC1. The summed E-state index contributed by atoms with van der Waals surface area (Å²) in [6, 6.07) is 4.33. The van der Waals surface area contributed by atoms with Crippen LogP contribution in [0.25, 0.3) is 0 Å². The Morgan fingerprint density at radius 3 is 2.78 bits per heavy atom. The molecule has 0 aliphatic carbocycles. The lowest BCUT2D eigenvalue weighted by atomic mass is 10.0. The molecule has 1 aliphatic rings. The fourth-order valence-corrected chi connectivity index (χ4v) is 3.84. The van der Waals surface area contributed by atoms with Crippen LogP contribution in [-0.4, -0.2) is 27.2 Å². The highest BCUT2D eigenvalue weighted by molar-refractivity contribution is 7.89. The van der Waals surface area contributed by atoms with E-state index in [1.165, 1.54) is 18.2 Å². The minimum absolute atomic E-state index is 0.0338. The van der Waals surface area contributed by atoms with Gasteiger partial charge in [-0.25, -0.2) is 13.1 Å². The standard InChI is InChI=1S/C11H15ClN2O3S/c1-11(4-5-17-7-11)14-18(15,16)10-3-2-8(13)6-9(10)12/h2-3,6,14H,4-5,7,13H2,1H3. The summed E-state index contributed by atoms with van der Waals surface area (Å²) in [6.07, 6.45) is 0.638. The molecule has 2 rings (SSSR count). The maximum Gasteiger partial charge on any atom is 0.242 e. The monoisotopic (exact) mass is 290 g/mol. The van der Waals surface area contributed by atoms with Crippen molar-refractivity contribution in [1.82, 2.24) is 4.72 Å². The Bertz CT molecular complexity index is 553. The number of benzene rings is 1. The third-order valence-electron chi connectivity index (χ3n) is 2.85. The Morgan fingerprint density at radius 1 is 1.50 bits per heavy atom. The van der Waals surface area contributed by atoms with Crippen molar-refractivity contribution in [3.8, 4) is 0 Å². The second-order valence-electron chi connectivity index (χ2n) is 4.66. The molecule has 1 aromatic carbocycles. The van der Waals surface area contributed by atoms with Gasteiger partial charge in [-0.05, 0) is 31.5 Å². The van der Waals surface area contributed by atoms with E-state index in [9.17, 15) is 8.42 Å². The molecule has 0 amide bonds. The van der Waals surface area contributed by atoms with E-state index in [0.717, 1.165) is 0 Å². The third-order valence-corrected chi connectivity index (χ3v) is 4.97. The summed E-state index contributed by atoms with van der Waals surface area (Å²) in [4.78, 5) is 0.0338. The number of sulfonamides is 1. The minimum atomic E-state index is -3.67. The van der Waals surface area contributed by atoms with Crippen molar-refractivity contribution in [2.45, 2.75) is 23.8 Å². The highest BCUT2D eigenvalue weighted by atomic mass is 35.5. The first-order valence-electron chi connectivity index (χ1n) is 5.49. The lowest BCUT2D eigenvalue weighted by Crippen LogP contribution is -2.46. The number of halogens is 1. The third kappa shape index (κ3) is 2.77. The van der Waals surface area contributed by atoms with Crippen LogP contribution in [0.2, 0.25) is 5.02 Å². The van der Waals surface area contributed by atoms with Crippen LogP contribution >= 0.6 is 11.6 Å². The largest absolute Gasteiger partial charge is 0.399 e. The van der Waals surface area contributed by atoms with Gasteiger partial charge in [0.2, 0.25) is 10.0 Å². The number of hydrogen-bond donors (Lipinski definition) is 2. The van der Waals surface area contributed by atoms with Gasteiger partial charge in [0, 0.05) is 12.3 Å². The molecule has 1 saturated heterocycles. The summed E-state index contributed by atoms with van der Waals surface area (Å²) in [5.41, 5.74) is 5.39. The van der Waals surface area contributed by atoms with Crippen LogP contribution in [0.5, 0.6) is 0 Å². The number of nitrogens with one attached hydrogen (secondary N) is 1. The maximum atomic E-state index is 12.2. The summed E-state index contributed by atoms with van der Waals surface area (Å²) in [5.74, 6) is 0. The zero-order valence-corrected chi connectivity index (χ0v) is 11.5. The quantitative estimate of drug-likeness (QED) is 0.824. The average molecular weight is 291 g/mol. The van der Waals surface area contributed by atoms with E-state index in [4.69, 9.17) is 22.1 Å². The molecule has 1 aliphatic heterocycles. The molecule has 0 saturated carbocycles. The van der Waals surface area contributed by atoms with E-state index in [2.05, 4.69) is 4.72 Å². The van der Waals surface area contributed by atoms with Crippen molar-refractivity contribution in [3.63, 3.8) is 0 Å². The second-order valence-corrected chi connectivity index (χ2v) is 6.72. The number of ether oxygens (including phenoxy) is 1. The summed E-state index contributed by atoms with van der Waals surface area (Å²) in [5, 5.41) is 0.116. The zero-order chi connectivity index (χ0) is 13.4. The molecule has 0 aromatic heterocycles. The van der Waals surface area contributed by atoms with Crippen LogP contribution in [0.1, 0.15) is 13.3 Å². The molecule has 100 valence electrons. The maximum absolute atomic E-state index is 12.2. The van der Waals surface area contributed by atoms with Crippen LogP contribution in [0.3, 0.4) is 0 Å². The Labute approximate surface area is 111 Å². The van der Waals surface area contributed by atoms with Crippen molar-refractivity contribution in [1.29, 1.82) is 0 Å². The van der Waals surface area contributed by atoms with Gasteiger partial charge in [0.1, 0.15) is 4.90 Å².